The van der Waals surface area contributed by atoms with Crippen LogP contribution in [-0.4, -0.2) is 38.4 Å². The number of ether oxygens (including phenoxy) is 3. The van der Waals surface area contributed by atoms with E-state index in [0.717, 1.165) is 35.2 Å². The molecule has 1 fully saturated rings. The number of benzene rings is 1. The highest BCUT2D eigenvalue weighted by atomic mass is 79.9. The first-order valence-electron chi connectivity index (χ1n) is 7.43. The van der Waals surface area contributed by atoms with Crippen LogP contribution in [0.4, 0.5) is 0 Å². The van der Waals surface area contributed by atoms with Gasteiger partial charge in [-0.05, 0) is 38.0 Å². The Labute approximate surface area is 139 Å². The molecule has 2 rings (SSSR count). The SMILES string of the molecule is COc1ccc(Br)cc1CNC(=O)C(C)OCC1CCCO1. The van der Waals surface area contributed by atoms with Crippen LogP contribution in [0.2, 0.25) is 0 Å². The third kappa shape index (κ3) is 4.97. The maximum atomic E-state index is 12.1. The van der Waals surface area contributed by atoms with E-state index in [2.05, 4.69) is 21.2 Å². The Hall–Kier alpha value is -1.11. The lowest BCUT2D eigenvalue weighted by atomic mass is 10.2. The number of rotatable bonds is 7. The van der Waals surface area contributed by atoms with Gasteiger partial charge in [-0.15, -0.1) is 0 Å². The monoisotopic (exact) mass is 371 g/mol. The summed E-state index contributed by atoms with van der Waals surface area (Å²) in [5, 5.41) is 2.87. The molecule has 0 spiro atoms. The van der Waals surface area contributed by atoms with Crippen molar-refractivity contribution in [2.75, 3.05) is 20.3 Å². The van der Waals surface area contributed by atoms with E-state index in [1.807, 2.05) is 18.2 Å². The lowest BCUT2D eigenvalue weighted by Gasteiger charge is -2.17. The van der Waals surface area contributed by atoms with Crippen molar-refractivity contribution in [2.45, 2.75) is 38.5 Å². The molecule has 2 atom stereocenters. The quantitative estimate of drug-likeness (QED) is 0.800. The Morgan fingerprint density at radius 1 is 1.55 bits per heavy atom. The van der Waals surface area contributed by atoms with Crippen LogP contribution in [0.5, 0.6) is 5.75 Å². The van der Waals surface area contributed by atoms with Gasteiger partial charge in [0.2, 0.25) is 5.91 Å². The van der Waals surface area contributed by atoms with Gasteiger partial charge in [-0.1, -0.05) is 15.9 Å². The van der Waals surface area contributed by atoms with Crippen molar-refractivity contribution < 1.29 is 19.0 Å². The number of hydrogen-bond acceptors (Lipinski definition) is 4. The van der Waals surface area contributed by atoms with Crippen molar-refractivity contribution >= 4 is 21.8 Å². The maximum absolute atomic E-state index is 12.1. The molecule has 1 amide bonds. The summed E-state index contributed by atoms with van der Waals surface area (Å²) < 4.78 is 17.3. The van der Waals surface area contributed by atoms with Crippen LogP contribution in [0, 0.1) is 0 Å². The molecule has 1 aliphatic rings. The molecule has 0 aliphatic carbocycles. The zero-order valence-electron chi connectivity index (χ0n) is 12.9. The molecule has 6 heteroatoms. The first-order chi connectivity index (χ1) is 10.6. The average molecular weight is 372 g/mol. The fourth-order valence-electron chi connectivity index (χ4n) is 2.31. The van der Waals surface area contributed by atoms with E-state index >= 15 is 0 Å². The highest BCUT2D eigenvalue weighted by Crippen LogP contribution is 2.22. The van der Waals surface area contributed by atoms with Crippen molar-refractivity contribution in [3.05, 3.63) is 28.2 Å². The molecule has 0 saturated carbocycles. The standard InChI is InChI=1S/C16H22BrNO4/c1-11(22-10-14-4-3-7-21-14)16(19)18-9-12-8-13(17)5-6-15(12)20-2/h5-6,8,11,14H,3-4,7,9-10H2,1-2H3,(H,18,19). The molecule has 0 aromatic heterocycles. The molecule has 2 unspecified atom stereocenters. The Kier molecular flexibility index (Phi) is 6.67. The van der Waals surface area contributed by atoms with E-state index in [4.69, 9.17) is 14.2 Å². The van der Waals surface area contributed by atoms with Gasteiger partial charge < -0.3 is 19.5 Å². The number of nitrogens with one attached hydrogen (secondary N) is 1. The predicted octanol–water partition coefficient (Wildman–Crippen LogP) is 2.66. The van der Waals surface area contributed by atoms with Gasteiger partial charge in [0.05, 0.1) is 19.8 Å². The Morgan fingerprint density at radius 3 is 3.05 bits per heavy atom. The second-order valence-electron chi connectivity index (χ2n) is 5.28. The largest absolute Gasteiger partial charge is 0.496 e. The number of carbonyl (C=O) groups excluding carboxylic acids is 1. The lowest BCUT2D eigenvalue weighted by molar-refractivity contribution is -0.133. The zero-order chi connectivity index (χ0) is 15.9. The van der Waals surface area contributed by atoms with Crippen molar-refractivity contribution in [1.82, 2.24) is 5.32 Å². The lowest BCUT2D eigenvalue weighted by Crippen LogP contribution is -2.35. The Morgan fingerprint density at radius 2 is 2.36 bits per heavy atom. The number of amides is 1. The summed E-state index contributed by atoms with van der Waals surface area (Å²) in [6.07, 6.45) is 1.70. The first-order valence-corrected chi connectivity index (χ1v) is 8.22. The van der Waals surface area contributed by atoms with Crippen molar-refractivity contribution in [1.29, 1.82) is 0 Å². The van der Waals surface area contributed by atoms with Gasteiger partial charge in [0.15, 0.2) is 0 Å². The molecule has 22 heavy (non-hydrogen) atoms. The van der Waals surface area contributed by atoms with Crippen LogP contribution in [-0.2, 0) is 20.8 Å². The minimum absolute atomic E-state index is 0.125. The Bertz CT molecular complexity index is 503. The van der Waals surface area contributed by atoms with Crippen LogP contribution in [0.15, 0.2) is 22.7 Å². The summed E-state index contributed by atoms with van der Waals surface area (Å²) >= 11 is 3.42. The molecule has 0 radical (unpaired) electrons. The number of methoxy groups -OCH3 is 1. The molecule has 1 aliphatic heterocycles. The number of hydrogen-bond donors (Lipinski definition) is 1. The topological polar surface area (TPSA) is 56.8 Å². The second kappa shape index (κ2) is 8.50. The minimum atomic E-state index is -0.498. The molecular weight excluding hydrogens is 350 g/mol. The van der Waals surface area contributed by atoms with Gasteiger partial charge in [-0.25, -0.2) is 0 Å². The maximum Gasteiger partial charge on any atom is 0.249 e. The van der Waals surface area contributed by atoms with E-state index in [1.54, 1.807) is 14.0 Å². The molecular formula is C16H22BrNO4. The Balaban J connectivity index is 1.80. The summed E-state index contributed by atoms with van der Waals surface area (Å²) in [4.78, 5) is 12.1. The normalized spacial score (nSPS) is 19.0. The van der Waals surface area contributed by atoms with Crippen LogP contribution < -0.4 is 10.1 Å². The highest BCUT2D eigenvalue weighted by molar-refractivity contribution is 9.10. The fourth-order valence-corrected chi connectivity index (χ4v) is 2.72. The fraction of sp³-hybridized carbons (Fsp3) is 0.562. The van der Waals surface area contributed by atoms with Crippen molar-refractivity contribution in [2.24, 2.45) is 0 Å². The summed E-state index contributed by atoms with van der Waals surface area (Å²) in [6.45, 7) is 3.41. The minimum Gasteiger partial charge on any atom is -0.496 e. The molecule has 5 nitrogen and oxygen atoms in total. The number of carbonyl (C=O) groups is 1. The number of halogens is 1. The van der Waals surface area contributed by atoms with Gasteiger partial charge in [0.1, 0.15) is 11.9 Å². The highest BCUT2D eigenvalue weighted by Gasteiger charge is 2.20. The zero-order valence-corrected chi connectivity index (χ0v) is 14.5. The molecule has 1 saturated heterocycles. The van der Waals surface area contributed by atoms with Crippen LogP contribution in [0.25, 0.3) is 0 Å². The van der Waals surface area contributed by atoms with Gasteiger partial charge in [0, 0.05) is 23.2 Å². The molecule has 1 aromatic carbocycles. The third-order valence-corrected chi connectivity index (χ3v) is 4.11. The van der Waals surface area contributed by atoms with Crippen LogP contribution in [0.1, 0.15) is 25.3 Å². The summed E-state index contributed by atoms with van der Waals surface area (Å²) in [5.41, 5.74) is 0.913. The average Bonchev–Trinajstić information content (AvgIpc) is 3.03. The van der Waals surface area contributed by atoms with Crippen LogP contribution >= 0.6 is 15.9 Å². The molecule has 1 aromatic rings. The van der Waals surface area contributed by atoms with Gasteiger partial charge in [-0.3, -0.25) is 4.79 Å². The van der Waals surface area contributed by atoms with Gasteiger partial charge in [0.25, 0.3) is 0 Å². The van der Waals surface area contributed by atoms with Gasteiger partial charge in [-0.2, -0.15) is 0 Å². The second-order valence-corrected chi connectivity index (χ2v) is 6.20. The van der Waals surface area contributed by atoms with E-state index < -0.39 is 6.10 Å². The summed E-state index contributed by atoms with van der Waals surface area (Å²) in [5.74, 6) is 0.608. The first kappa shape index (κ1) is 17.2. The molecule has 1 heterocycles. The molecule has 1 N–H and O–H groups in total. The van der Waals surface area contributed by atoms with E-state index in [-0.39, 0.29) is 12.0 Å². The molecule has 122 valence electrons. The van der Waals surface area contributed by atoms with Crippen molar-refractivity contribution in [3.63, 3.8) is 0 Å². The predicted molar refractivity (Wildman–Crippen MR) is 86.9 cm³/mol. The third-order valence-electron chi connectivity index (χ3n) is 3.62. The smallest absolute Gasteiger partial charge is 0.249 e. The van der Waals surface area contributed by atoms with Crippen LogP contribution in [0.3, 0.4) is 0 Å². The van der Waals surface area contributed by atoms with Gasteiger partial charge >= 0.3 is 0 Å². The van der Waals surface area contributed by atoms with E-state index in [9.17, 15) is 4.79 Å². The summed E-state index contributed by atoms with van der Waals surface area (Å²) in [7, 11) is 1.61. The van der Waals surface area contributed by atoms with Crippen molar-refractivity contribution in [3.8, 4) is 5.75 Å². The van der Waals surface area contributed by atoms with E-state index in [0.29, 0.717) is 13.2 Å². The summed E-state index contributed by atoms with van der Waals surface area (Å²) in [6, 6.07) is 5.69. The molecule has 0 bridgehead atoms. The van der Waals surface area contributed by atoms with E-state index in [1.165, 1.54) is 0 Å².